The summed E-state index contributed by atoms with van der Waals surface area (Å²) in [7, 11) is 1.45. The zero-order valence-electron chi connectivity index (χ0n) is 13.5. The molecule has 0 atom stereocenters. The Morgan fingerprint density at radius 3 is 2.88 bits per heavy atom. The van der Waals surface area contributed by atoms with Crippen LogP contribution in [-0.2, 0) is 6.54 Å². The SMILES string of the molecule is COc1ccc(F)cc1C(=O)NCCn1c(C)nc2ccccc21. The third-order valence-electron chi connectivity index (χ3n) is 3.87. The second kappa shape index (κ2) is 6.70. The number of carbonyl (C=O) groups is 1. The summed E-state index contributed by atoms with van der Waals surface area (Å²) < 4.78 is 20.5. The number of hydrogen-bond acceptors (Lipinski definition) is 3. The lowest BCUT2D eigenvalue weighted by Crippen LogP contribution is -2.28. The number of para-hydroxylation sites is 2. The number of rotatable bonds is 5. The van der Waals surface area contributed by atoms with Crippen molar-refractivity contribution in [2.24, 2.45) is 0 Å². The molecule has 0 spiro atoms. The zero-order chi connectivity index (χ0) is 17.1. The van der Waals surface area contributed by atoms with Gasteiger partial charge in [0.1, 0.15) is 17.4 Å². The first-order valence-electron chi connectivity index (χ1n) is 7.64. The number of hydrogen-bond donors (Lipinski definition) is 1. The van der Waals surface area contributed by atoms with Gasteiger partial charge in [-0.2, -0.15) is 0 Å². The van der Waals surface area contributed by atoms with E-state index in [1.165, 1.54) is 25.3 Å². The Kier molecular flexibility index (Phi) is 4.46. The van der Waals surface area contributed by atoms with Gasteiger partial charge in [0.05, 0.1) is 23.7 Å². The molecule has 1 amide bonds. The average Bonchev–Trinajstić information content (AvgIpc) is 2.90. The molecular formula is C18H18FN3O2. The molecule has 124 valence electrons. The topological polar surface area (TPSA) is 56.1 Å². The fraction of sp³-hybridized carbons (Fsp3) is 0.222. The van der Waals surface area contributed by atoms with Gasteiger partial charge in [-0.15, -0.1) is 0 Å². The van der Waals surface area contributed by atoms with E-state index < -0.39 is 5.82 Å². The van der Waals surface area contributed by atoms with E-state index in [2.05, 4.69) is 10.3 Å². The minimum atomic E-state index is -0.475. The first kappa shape index (κ1) is 16.0. The summed E-state index contributed by atoms with van der Waals surface area (Å²) in [4.78, 5) is 16.8. The van der Waals surface area contributed by atoms with E-state index in [-0.39, 0.29) is 11.5 Å². The summed E-state index contributed by atoms with van der Waals surface area (Å²) in [6.45, 7) is 2.91. The molecule has 0 saturated carbocycles. The van der Waals surface area contributed by atoms with Gasteiger partial charge >= 0.3 is 0 Å². The first-order valence-corrected chi connectivity index (χ1v) is 7.64. The Balaban J connectivity index is 1.71. The van der Waals surface area contributed by atoms with Crippen molar-refractivity contribution in [3.8, 4) is 5.75 Å². The van der Waals surface area contributed by atoms with Crippen molar-refractivity contribution < 1.29 is 13.9 Å². The van der Waals surface area contributed by atoms with Crippen LogP contribution in [0.5, 0.6) is 5.75 Å². The molecule has 0 aliphatic heterocycles. The minimum absolute atomic E-state index is 0.185. The molecule has 0 saturated heterocycles. The van der Waals surface area contributed by atoms with Gasteiger partial charge < -0.3 is 14.6 Å². The number of imidazole rings is 1. The van der Waals surface area contributed by atoms with Gasteiger partial charge in [-0.1, -0.05) is 12.1 Å². The van der Waals surface area contributed by atoms with E-state index in [0.717, 1.165) is 16.9 Å². The van der Waals surface area contributed by atoms with Crippen LogP contribution in [0.25, 0.3) is 11.0 Å². The largest absolute Gasteiger partial charge is 0.496 e. The van der Waals surface area contributed by atoms with Crippen LogP contribution >= 0.6 is 0 Å². The van der Waals surface area contributed by atoms with Crippen molar-refractivity contribution >= 4 is 16.9 Å². The molecule has 3 aromatic rings. The molecular weight excluding hydrogens is 309 g/mol. The van der Waals surface area contributed by atoms with Gasteiger partial charge in [-0.05, 0) is 37.3 Å². The third kappa shape index (κ3) is 3.08. The molecule has 0 fully saturated rings. The molecule has 0 unspecified atom stereocenters. The number of aromatic nitrogens is 2. The predicted octanol–water partition coefficient (Wildman–Crippen LogP) is 2.92. The lowest BCUT2D eigenvalue weighted by atomic mass is 10.2. The minimum Gasteiger partial charge on any atom is -0.496 e. The van der Waals surface area contributed by atoms with Crippen LogP contribution in [0.4, 0.5) is 4.39 Å². The maximum absolute atomic E-state index is 13.4. The highest BCUT2D eigenvalue weighted by Gasteiger charge is 2.13. The van der Waals surface area contributed by atoms with Crippen molar-refractivity contribution in [3.05, 3.63) is 59.7 Å². The Morgan fingerprint density at radius 1 is 1.29 bits per heavy atom. The van der Waals surface area contributed by atoms with Crippen LogP contribution in [-0.4, -0.2) is 29.1 Å². The van der Waals surface area contributed by atoms with Gasteiger partial charge in [0, 0.05) is 13.1 Å². The van der Waals surface area contributed by atoms with Gasteiger partial charge in [0.2, 0.25) is 0 Å². The molecule has 0 bridgehead atoms. The number of halogens is 1. The van der Waals surface area contributed by atoms with E-state index in [1.807, 2.05) is 35.8 Å². The normalized spacial score (nSPS) is 10.8. The van der Waals surface area contributed by atoms with Crippen molar-refractivity contribution in [2.75, 3.05) is 13.7 Å². The van der Waals surface area contributed by atoms with Gasteiger partial charge in [0.15, 0.2) is 0 Å². The van der Waals surface area contributed by atoms with Crippen molar-refractivity contribution in [1.29, 1.82) is 0 Å². The molecule has 2 aromatic carbocycles. The fourth-order valence-corrected chi connectivity index (χ4v) is 2.71. The average molecular weight is 327 g/mol. The molecule has 1 heterocycles. The molecule has 0 aliphatic rings. The Hall–Kier alpha value is -2.89. The second-order valence-electron chi connectivity index (χ2n) is 5.40. The van der Waals surface area contributed by atoms with E-state index in [0.29, 0.717) is 18.8 Å². The third-order valence-corrected chi connectivity index (χ3v) is 3.87. The summed E-state index contributed by atoms with van der Waals surface area (Å²) in [5.74, 6) is 0.387. The van der Waals surface area contributed by atoms with E-state index in [4.69, 9.17) is 4.74 Å². The number of nitrogens with one attached hydrogen (secondary N) is 1. The summed E-state index contributed by atoms with van der Waals surface area (Å²) >= 11 is 0. The highest BCUT2D eigenvalue weighted by Crippen LogP contribution is 2.19. The predicted molar refractivity (Wildman–Crippen MR) is 89.8 cm³/mol. The zero-order valence-corrected chi connectivity index (χ0v) is 13.5. The molecule has 3 rings (SSSR count). The molecule has 1 N–H and O–H groups in total. The fourth-order valence-electron chi connectivity index (χ4n) is 2.71. The highest BCUT2D eigenvalue weighted by atomic mass is 19.1. The molecule has 6 heteroatoms. The van der Waals surface area contributed by atoms with Crippen LogP contribution in [0.15, 0.2) is 42.5 Å². The number of fused-ring (bicyclic) bond motifs is 1. The lowest BCUT2D eigenvalue weighted by Gasteiger charge is -2.11. The maximum atomic E-state index is 13.4. The second-order valence-corrected chi connectivity index (χ2v) is 5.40. The van der Waals surface area contributed by atoms with Crippen molar-refractivity contribution in [1.82, 2.24) is 14.9 Å². The first-order chi connectivity index (χ1) is 11.6. The summed E-state index contributed by atoms with van der Waals surface area (Å²) in [6.07, 6.45) is 0. The Labute approximate surface area is 139 Å². The summed E-state index contributed by atoms with van der Waals surface area (Å²) in [6, 6.07) is 11.7. The number of amides is 1. The van der Waals surface area contributed by atoms with Crippen LogP contribution in [0.1, 0.15) is 16.2 Å². The monoisotopic (exact) mass is 327 g/mol. The standard InChI is InChI=1S/C18H18FN3O2/c1-12-21-15-5-3-4-6-16(15)22(12)10-9-20-18(23)14-11-13(19)7-8-17(14)24-2/h3-8,11H,9-10H2,1-2H3,(H,20,23). The number of nitrogens with zero attached hydrogens (tertiary/aromatic N) is 2. The van der Waals surface area contributed by atoms with Crippen molar-refractivity contribution in [3.63, 3.8) is 0 Å². The van der Waals surface area contributed by atoms with Gasteiger partial charge in [0.25, 0.3) is 5.91 Å². The van der Waals surface area contributed by atoms with E-state index >= 15 is 0 Å². The lowest BCUT2D eigenvalue weighted by molar-refractivity contribution is 0.0948. The molecule has 1 aromatic heterocycles. The Bertz CT molecular complexity index is 889. The van der Waals surface area contributed by atoms with E-state index in [1.54, 1.807) is 0 Å². The summed E-state index contributed by atoms with van der Waals surface area (Å²) in [5.41, 5.74) is 2.13. The van der Waals surface area contributed by atoms with Gasteiger partial charge in [-0.25, -0.2) is 9.37 Å². The number of ether oxygens (including phenoxy) is 1. The molecule has 24 heavy (non-hydrogen) atoms. The molecule has 0 aliphatic carbocycles. The van der Waals surface area contributed by atoms with Crippen LogP contribution in [0, 0.1) is 12.7 Å². The molecule has 0 radical (unpaired) electrons. The van der Waals surface area contributed by atoms with E-state index in [9.17, 15) is 9.18 Å². The molecule has 5 nitrogen and oxygen atoms in total. The van der Waals surface area contributed by atoms with Crippen LogP contribution in [0.3, 0.4) is 0 Å². The quantitative estimate of drug-likeness (QED) is 0.784. The number of aryl methyl sites for hydroxylation is 1. The highest BCUT2D eigenvalue weighted by molar-refractivity contribution is 5.96. The summed E-state index contributed by atoms with van der Waals surface area (Å²) in [5, 5.41) is 2.80. The van der Waals surface area contributed by atoms with Crippen LogP contribution in [0.2, 0.25) is 0 Å². The van der Waals surface area contributed by atoms with Gasteiger partial charge in [-0.3, -0.25) is 4.79 Å². The number of benzene rings is 2. The van der Waals surface area contributed by atoms with Crippen LogP contribution < -0.4 is 10.1 Å². The smallest absolute Gasteiger partial charge is 0.255 e. The number of methoxy groups -OCH3 is 1. The number of carbonyl (C=O) groups excluding carboxylic acids is 1. The maximum Gasteiger partial charge on any atom is 0.255 e. The van der Waals surface area contributed by atoms with Crippen molar-refractivity contribution in [2.45, 2.75) is 13.5 Å². The Morgan fingerprint density at radius 2 is 2.08 bits per heavy atom.